The Morgan fingerprint density at radius 1 is 0.778 bits per heavy atom. The van der Waals surface area contributed by atoms with E-state index in [1.807, 2.05) is 25.1 Å². The maximum atomic E-state index is 9.08. The number of fused-ring (bicyclic) bond motifs is 2. The Balaban J connectivity index is 1.52. The molecule has 5 heterocycles. The van der Waals surface area contributed by atoms with E-state index in [4.69, 9.17) is 15.8 Å². The van der Waals surface area contributed by atoms with Gasteiger partial charge in [-0.2, -0.15) is 15.8 Å². The van der Waals surface area contributed by atoms with E-state index in [-0.39, 0.29) is 5.57 Å². The number of nitriles is 3. The van der Waals surface area contributed by atoms with Gasteiger partial charge in [-0.25, -0.2) is 0 Å². The molecule has 0 aliphatic rings. The van der Waals surface area contributed by atoms with Crippen LogP contribution in [0.1, 0.15) is 36.4 Å². The fraction of sp³-hybridized carbons (Fsp3) is 0.179. The Labute approximate surface area is 225 Å². The molecule has 176 valence electrons. The van der Waals surface area contributed by atoms with Gasteiger partial charge in [0.2, 0.25) is 0 Å². The summed E-state index contributed by atoms with van der Waals surface area (Å²) in [5, 5.41) is 27.2. The van der Waals surface area contributed by atoms with Crippen LogP contribution in [-0.4, -0.2) is 4.57 Å². The van der Waals surface area contributed by atoms with Crippen molar-refractivity contribution in [3.05, 3.63) is 57.3 Å². The van der Waals surface area contributed by atoms with E-state index in [0.717, 1.165) is 34.7 Å². The van der Waals surface area contributed by atoms with Crippen molar-refractivity contribution >= 4 is 76.3 Å². The molecule has 0 saturated heterocycles. The van der Waals surface area contributed by atoms with Gasteiger partial charge in [0.25, 0.3) is 0 Å². The summed E-state index contributed by atoms with van der Waals surface area (Å²) < 4.78 is 7.29. The predicted molar refractivity (Wildman–Crippen MR) is 155 cm³/mol. The normalized spacial score (nSPS) is 11.5. The van der Waals surface area contributed by atoms with Crippen molar-refractivity contribution in [2.75, 3.05) is 0 Å². The van der Waals surface area contributed by atoms with Crippen molar-refractivity contribution in [2.45, 2.75) is 33.2 Å². The van der Waals surface area contributed by atoms with Crippen LogP contribution in [0.2, 0.25) is 0 Å². The van der Waals surface area contributed by atoms with E-state index < -0.39 is 0 Å². The highest BCUT2D eigenvalue weighted by molar-refractivity contribution is 7.30. The molecule has 0 radical (unpaired) electrons. The maximum Gasteiger partial charge on any atom is 0.131 e. The fourth-order valence-corrected chi connectivity index (χ4v) is 8.86. The highest BCUT2D eigenvalue weighted by Crippen LogP contribution is 2.43. The molecular weight excluding hydrogens is 521 g/mol. The summed E-state index contributed by atoms with van der Waals surface area (Å²) in [4.78, 5) is 4.54. The zero-order valence-corrected chi connectivity index (χ0v) is 22.9. The van der Waals surface area contributed by atoms with Crippen LogP contribution < -0.4 is 0 Å². The molecule has 0 unspecified atom stereocenters. The molecular formula is C28H20N4S4. The first kappa shape index (κ1) is 24.3. The van der Waals surface area contributed by atoms with Crippen molar-refractivity contribution in [3.63, 3.8) is 0 Å². The molecule has 36 heavy (non-hydrogen) atoms. The number of hydrogen-bond donors (Lipinski definition) is 0. The van der Waals surface area contributed by atoms with Gasteiger partial charge >= 0.3 is 0 Å². The third-order valence-corrected chi connectivity index (χ3v) is 10.3. The monoisotopic (exact) mass is 540 g/mol. The van der Waals surface area contributed by atoms with E-state index in [2.05, 4.69) is 54.0 Å². The minimum absolute atomic E-state index is 0.126. The van der Waals surface area contributed by atoms with Gasteiger partial charge in [-0.3, -0.25) is 0 Å². The van der Waals surface area contributed by atoms with E-state index >= 15 is 0 Å². The summed E-state index contributed by atoms with van der Waals surface area (Å²) in [6.07, 6.45) is 5.84. The summed E-state index contributed by atoms with van der Waals surface area (Å²) in [6, 6.07) is 19.3. The number of unbranched alkanes of at least 4 members (excludes halogenated alkanes) is 1. The zero-order chi connectivity index (χ0) is 25.2. The van der Waals surface area contributed by atoms with Gasteiger partial charge in [0, 0.05) is 40.7 Å². The second-order valence-corrected chi connectivity index (χ2v) is 12.7. The Morgan fingerprint density at radius 3 is 1.78 bits per heavy atom. The Kier molecular flexibility index (Phi) is 6.92. The molecule has 0 N–H and O–H groups in total. The predicted octanol–water partition coefficient (Wildman–Crippen LogP) is 9.53. The molecule has 0 aliphatic carbocycles. The molecule has 0 amide bonds. The van der Waals surface area contributed by atoms with E-state index in [1.54, 1.807) is 51.4 Å². The van der Waals surface area contributed by atoms with Crippen LogP contribution in [0.3, 0.4) is 0 Å². The molecule has 0 fully saturated rings. The largest absolute Gasteiger partial charge is 0.339 e. The SMILES string of the molecule is CCCCn1c(-c2cc3sc(C=C(C)C#N)cc3s2)ccc1-c1cc2sc(C=C(C#N)C#N)cc2s1. The van der Waals surface area contributed by atoms with Gasteiger partial charge < -0.3 is 4.57 Å². The first-order valence-electron chi connectivity index (χ1n) is 11.4. The highest BCUT2D eigenvalue weighted by atomic mass is 32.1. The summed E-state index contributed by atoms with van der Waals surface area (Å²) >= 11 is 6.90. The quantitative estimate of drug-likeness (QED) is 0.193. The molecule has 0 atom stereocenters. The first-order chi connectivity index (χ1) is 17.5. The molecule has 5 aromatic rings. The van der Waals surface area contributed by atoms with Gasteiger partial charge in [-0.05, 0) is 61.9 Å². The number of thiophene rings is 4. The Morgan fingerprint density at radius 2 is 1.31 bits per heavy atom. The lowest BCUT2D eigenvalue weighted by molar-refractivity contribution is 0.645. The van der Waals surface area contributed by atoms with Crippen LogP contribution in [0, 0.1) is 34.0 Å². The van der Waals surface area contributed by atoms with Crippen molar-refractivity contribution in [1.29, 1.82) is 15.8 Å². The molecule has 0 saturated carbocycles. The number of allylic oxidation sites excluding steroid dienone is 2. The van der Waals surface area contributed by atoms with Gasteiger partial charge in [0.15, 0.2) is 0 Å². The lowest BCUT2D eigenvalue weighted by Gasteiger charge is -2.11. The lowest BCUT2D eigenvalue weighted by atomic mass is 10.3. The van der Waals surface area contributed by atoms with Crippen LogP contribution in [0.15, 0.2) is 47.5 Å². The Hall–Kier alpha value is -3.45. The summed E-state index contributed by atoms with van der Waals surface area (Å²) in [5.41, 5.74) is 3.31. The second-order valence-electron chi connectivity index (χ2n) is 8.31. The van der Waals surface area contributed by atoms with Crippen molar-refractivity contribution < 1.29 is 0 Å². The number of rotatable bonds is 7. The molecule has 0 aromatic carbocycles. The number of hydrogen-bond acceptors (Lipinski definition) is 7. The third-order valence-electron chi connectivity index (χ3n) is 5.74. The summed E-state index contributed by atoms with van der Waals surface area (Å²) in [7, 11) is 0. The highest BCUT2D eigenvalue weighted by Gasteiger charge is 2.17. The minimum atomic E-state index is 0.126. The van der Waals surface area contributed by atoms with Gasteiger partial charge in [0.05, 0.1) is 27.2 Å². The molecule has 8 heteroatoms. The first-order valence-corrected chi connectivity index (χ1v) is 14.7. The average molecular weight is 541 g/mol. The van der Waals surface area contributed by atoms with Crippen molar-refractivity contribution in [2.24, 2.45) is 0 Å². The van der Waals surface area contributed by atoms with Crippen LogP contribution in [0.4, 0.5) is 0 Å². The van der Waals surface area contributed by atoms with Crippen LogP contribution in [0.5, 0.6) is 0 Å². The molecule has 0 bridgehead atoms. The standard InChI is InChI=1S/C28H20N4S4/c1-3-4-7-32-21(23-12-27-25(35-23)10-19(33-27)8-17(2)14-29)5-6-22(32)24-13-28-26(36-24)11-20(34-28)9-18(15-30)16-31/h5-6,8-13H,3-4,7H2,1-2H3. The second kappa shape index (κ2) is 10.3. The third kappa shape index (κ3) is 4.67. The van der Waals surface area contributed by atoms with Crippen LogP contribution >= 0.6 is 45.3 Å². The molecule has 0 aliphatic heterocycles. The van der Waals surface area contributed by atoms with Crippen molar-refractivity contribution in [1.82, 2.24) is 4.57 Å². The fourth-order valence-electron chi connectivity index (χ4n) is 4.04. The summed E-state index contributed by atoms with van der Waals surface area (Å²) in [6.45, 7) is 5.01. The van der Waals surface area contributed by atoms with Crippen LogP contribution in [-0.2, 0) is 6.54 Å². The summed E-state index contributed by atoms with van der Waals surface area (Å²) in [5.74, 6) is 0. The van der Waals surface area contributed by atoms with Gasteiger partial charge in [-0.1, -0.05) is 13.3 Å². The Bertz CT molecular complexity index is 1700. The van der Waals surface area contributed by atoms with E-state index in [1.165, 1.54) is 39.9 Å². The molecule has 0 spiro atoms. The smallest absolute Gasteiger partial charge is 0.131 e. The molecule has 5 rings (SSSR count). The lowest BCUT2D eigenvalue weighted by Crippen LogP contribution is -2.01. The minimum Gasteiger partial charge on any atom is -0.339 e. The van der Waals surface area contributed by atoms with E-state index in [0.29, 0.717) is 0 Å². The van der Waals surface area contributed by atoms with E-state index in [9.17, 15) is 0 Å². The van der Waals surface area contributed by atoms with Crippen LogP contribution in [0.25, 0.3) is 52.1 Å². The average Bonchev–Trinajstić information content (AvgIpc) is 3.66. The topological polar surface area (TPSA) is 76.3 Å². The van der Waals surface area contributed by atoms with Gasteiger partial charge in [0.1, 0.15) is 17.7 Å². The molecule has 5 aromatic heterocycles. The van der Waals surface area contributed by atoms with Crippen molar-refractivity contribution in [3.8, 4) is 39.3 Å². The zero-order valence-electron chi connectivity index (χ0n) is 19.7. The van der Waals surface area contributed by atoms with Gasteiger partial charge in [-0.15, -0.1) is 45.3 Å². The molecule has 4 nitrogen and oxygen atoms in total. The number of nitrogens with zero attached hydrogens (tertiary/aromatic N) is 4. The maximum absolute atomic E-state index is 9.08. The number of aromatic nitrogens is 1.